The number of hydrogen-bond donors (Lipinski definition) is 2. The summed E-state index contributed by atoms with van der Waals surface area (Å²) in [6, 6.07) is 3.46. The fourth-order valence-corrected chi connectivity index (χ4v) is 3.25. The molecule has 0 radical (unpaired) electrons. The highest BCUT2D eigenvalue weighted by Gasteiger charge is 2.39. The van der Waals surface area contributed by atoms with E-state index in [-0.39, 0.29) is 17.1 Å². The zero-order valence-corrected chi connectivity index (χ0v) is 12.7. The molecule has 6 heteroatoms. The van der Waals surface area contributed by atoms with E-state index in [9.17, 15) is 9.59 Å². The zero-order chi connectivity index (χ0) is 14.3. The first-order valence-corrected chi connectivity index (χ1v) is 7.32. The Bertz CT molecular complexity index is 722. The first-order chi connectivity index (χ1) is 9.53. The number of aromatic nitrogens is 2. The first kappa shape index (κ1) is 13.6. The SMILES string of the molecule is COC1(CC(=O)c2cc3[nH]c(=O)[nH]c3cc2Br)CCC1. The highest BCUT2D eigenvalue weighted by atomic mass is 79.9. The first-order valence-electron chi connectivity index (χ1n) is 6.53. The number of ether oxygens (including phenoxy) is 1. The van der Waals surface area contributed by atoms with Crippen LogP contribution in [0, 0.1) is 0 Å². The Morgan fingerprint density at radius 1 is 1.35 bits per heavy atom. The summed E-state index contributed by atoms with van der Waals surface area (Å²) in [5.41, 5.74) is 1.34. The molecule has 0 spiro atoms. The van der Waals surface area contributed by atoms with E-state index in [1.165, 1.54) is 0 Å². The summed E-state index contributed by atoms with van der Waals surface area (Å²) in [6.07, 6.45) is 3.33. The van der Waals surface area contributed by atoms with Gasteiger partial charge in [0.05, 0.1) is 16.6 Å². The Morgan fingerprint density at radius 2 is 2.00 bits per heavy atom. The number of fused-ring (bicyclic) bond motifs is 1. The Labute approximate surface area is 123 Å². The van der Waals surface area contributed by atoms with Crippen molar-refractivity contribution in [2.24, 2.45) is 0 Å². The van der Waals surface area contributed by atoms with Gasteiger partial charge in [-0.05, 0) is 47.3 Å². The van der Waals surface area contributed by atoms with Crippen LogP contribution in [0.15, 0.2) is 21.4 Å². The molecule has 0 bridgehead atoms. The smallest absolute Gasteiger partial charge is 0.323 e. The van der Waals surface area contributed by atoms with E-state index in [0.29, 0.717) is 27.5 Å². The van der Waals surface area contributed by atoms with Gasteiger partial charge in [-0.1, -0.05) is 0 Å². The van der Waals surface area contributed by atoms with Crippen LogP contribution in [0.3, 0.4) is 0 Å². The molecule has 1 heterocycles. The van der Waals surface area contributed by atoms with Crippen LogP contribution in [0.1, 0.15) is 36.0 Å². The third kappa shape index (κ3) is 2.23. The minimum Gasteiger partial charge on any atom is -0.378 e. The molecule has 0 atom stereocenters. The number of carbonyl (C=O) groups excluding carboxylic acids is 1. The van der Waals surface area contributed by atoms with Crippen LogP contribution in [-0.4, -0.2) is 28.5 Å². The number of halogens is 1. The summed E-state index contributed by atoms with van der Waals surface area (Å²) < 4.78 is 6.19. The van der Waals surface area contributed by atoms with Crippen LogP contribution in [0.25, 0.3) is 11.0 Å². The molecule has 0 unspecified atom stereocenters. The molecule has 2 aromatic rings. The number of aromatic amines is 2. The van der Waals surface area contributed by atoms with Gasteiger partial charge in [0.2, 0.25) is 0 Å². The summed E-state index contributed by atoms with van der Waals surface area (Å²) >= 11 is 3.40. The molecule has 106 valence electrons. The summed E-state index contributed by atoms with van der Waals surface area (Å²) in [7, 11) is 1.66. The van der Waals surface area contributed by atoms with Crippen molar-refractivity contribution in [3.63, 3.8) is 0 Å². The number of methoxy groups -OCH3 is 1. The normalized spacial score (nSPS) is 17.1. The molecule has 5 nitrogen and oxygen atoms in total. The molecule has 1 fully saturated rings. The van der Waals surface area contributed by atoms with E-state index in [2.05, 4.69) is 25.9 Å². The summed E-state index contributed by atoms with van der Waals surface area (Å²) in [5, 5.41) is 0. The lowest BCUT2D eigenvalue weighted by Crippen LogP contribution is -2.41. The molecule has 1 aromatic carbocycles. The van der Waals surface area contributed by atoms with Crippen molar-refractivity contribution in [3.05, 3.63) is 32.7 Å². The molecule has 3 rings (SSSR count). The van der Waals surface area contributed by atoms with E-state index in [0.717, 1.165) is 19.3 Å². The van der Waals surface area contributed by atoms with E-state index in [1.807, 2.05) is 0 Å². The van der Waals surface area contributed by atoms with Crippen molar-refractivity contribution in [1.29, 1.82) is 0 Å². The van der Waals surface area contributed by atoms with Crippen molar-refractivity contribution in [2.45, 2.75) is 31.3 Å². The molecule has 20 heavy (non-hydrogen) atoms. The number of carbonyl (C=O) groups is 1. The van der Waals surface area contributed by atoms with Crippen molar-refractivity contribution >= 4 is 32.7 Å². The number of imidazole rings is 1. The summed E-state index contributed by atoms with van der Waals surface area (Å²) in [4.78, 5) is 29.1. The molecular formula is C14H15BrN2O3. The molecule has 0 aliphatic heterocycles. The predicted molar refractivity (Wildman–Crippen MR) is 79.2 cm³/mol. The Morgan fingerprint density at radius 3 is 2.55 bits per heavy atom. The van der Waals surface area contributed by atoms with Crippen molar-refractivity contribution in [2.75, 3.05) is 7.11 Å². The van der Waals surface area contributed by atoms with Crippen molar-refractivity contribution in [1.82, 2.24) is 9.97 Å². The van der Waals surface area contributed by atoms with Gasteiger partial charge in [-0.15, -0.1) is 0 Å². The Kier molecular flexibility index (Phi) is 3.30. The van der Waals surface area contributed by atoms with E-state index >= 15 is 0 Å². The predicted octanol–water partition coefficient (Wildman–Crippen LogP) is 2.76. The zero-order valence-electron chi connectivity index (χ0n) is 11.1. The van der Waals surface area contributed by atoms with Crippen LogP contribution in [0.2, 0.25) is 0 Å². The maximum Gasteiger partial charge on any atom is 0.323 e. The number of Topliss-reactive ketones (excluding diaryl/α,β-unsaturated/α-hetero) is 1. The Hall–Kier alpha value is -1.40. The van der Waals surface area contributed by atoms with Crippen LogP contribution in [0.5, 0.6) is 0 Å². The molecule has 1 saturated carbocycles. The molecular weight excluding hydrogens is 324 g/mol. The minimum absolute atomic E-state index is 0.0300. The topological polar surface area (TPSA) is 75.0 Å². The van der Waals surface area contributed by atoms with E-state index in [1.54, 1.807) is 19.2 Å². The monoisotopic (exact) mass is 338 g/mol. The third-order valence-corrected chi connectivity index (χ3v) is 4.74. The summed E-state index contributed by atoms with van der Waals surface area (Å²) in [5.74, 6) is 0.0300. The third-order valence-electron chi connectivity index (χ3n) is 4.08. The fraction of sp³-hybridized carbons (Fsp3) is 0.429. The second-order valence-electron chi connectivity index (χ2n) is 5.30. The number of benzene rings is 1. The molecule has 1 aliphatic rings. The minimum atomic E-state index is -0.295. The maximum absolute atomic E-state index is 12.5. The quantitative estimate of drug-likeness (QED) is 0.841. The highest BCUT2D eigenvalue weighted by molar-refractivity contribution is 9.10. The molecule has 1 aliphatic carbocycles. The molecule has 1 aromatic heterocycles. The Balaban J connectivity index is 1.94. The van der Waals surface area contributed by atoms with Crippen LogP contribution < -0.4 is 5.69 Å². The lowest BCUT2D eigenvalue weighted by atomic mass is 9.76. The number of H-pyrrole nitrogens is 2. The van der Waals surface area contributed by atoms with Gasteiger partial charge in [-0.25, -0.2) is 4.79 Å². The second kappa shape index (κ2) is 4.86. The lowest BCUT2D eigenvalue weighted by molar-refractivity contribution is -0.0704. The lowest BCUT2D eigenvalue weighted by Gasteiger charge is -2.40. The average Bonchev–Trinajstić information content (AvgIpc) is 2.71. The van der Waals surface area contributed by atoms with Gasteiger partial charge in [0, 0.05) is 23.6 Å². The van der Waals surface area contributed by atoms with Gasteiger partial charge in [0.1, 0.15) is 0 Å². The maximum atomic E-state index is 12.5. The summed E-state index contributed by atoms with van der Waals surface area (Å²) in [6.45, 7) is 0. The van der Waals surface area contributed by atoms with Gasteiger partial charge >= 0.3 is 5.69 Å². The van der Waals surface area contributed by atoms with Gasteiger partial charge < -0.3 is 14.7 Å². The molecule has 0 saturated heterocycles. The number of rotatable bonds is 4. The van der Waals surface area contributed by atoms with Crippen LogP contribution in [-0.2, 0) is 4.74 Å². The average molecular weight is 339 g/mol. The standard InChI is InChI=1S/C14H15BrN2O3/c1-20-14(3-2-4-14)7-12(18)8-5-10-11(6-9(8)15)17-13(19)16-10/h5-6H,2-4,7H2,1H3,(H2,16,17,19). The van der Waals surface area contributed by atoms with Gasteiger partial charge in [0.15, 0.2) is 5.78 Å². The van der Waals surface area contributed by atoms with Crippen molar-refractivity contribution < 1.29 is 9.53 Å². The highest BCUT2D eigenvalue weighted by Crippen LogP contribution is 2.39. The van der Waals surface area contributed by atoms with Crippen LogP contribution in [0.4, 0.5) is 0 Å². The van der Waals surface area contributed by atoms with Gasteiger partial charge in [-0.2, -0.15) is 0 Å². The van der Waals surface area contributed by atoms with E-state index in [4.69, 9.17) is 4.74 Å². The van der Waals surface area contributed by atoms with Gasteiger partial charge in [-0.3, -0.25) is 4.79 Å². The number of nitrogens with one attached hydrogen (secondary N) is 2. The van der Waals surface area contributed by atoms with Gasteiger partial charge in [0.25, 0.3) is 0 Å². The second-order valence-corrected chi connectivity index (χ2v) is 6.15. The fourth-order valence-electron chi connectivity index (χ4n) is 2.68. The number of hydrogen-bond acceptors (Lipinski definition) is 3. The largest absolute Gasteiger partial charge is 0.378 e. The van der Waals surface area contributed by atoms with Crippen LogP contribution >= 0.6 is 15.9 Å². The van der Waals surface area contributed by atoms with Crippen molar-refractivity contribution in [3.8, 4) is 0 Å². The van der Waals surface area contributed by atoms with E-state index < -0.39 is 0 Å². The molecule has 0 amide bonds. The molecule has 2 N–H and O–H groups in total. The number of ketones is 1.